The highest BCUT2D eigenvalue weighted by atomic mass is 19.4. The predicted molar refractivity (Wildman–Crippen MR) is 78.0 cm³/mol. The van der Waals surface area contributed by atoms with Crippen LogP contribution in [0.3, 0.4) is 0 Å². The van der Waals surface area contributed by atoms with Gasteiger partial charge < -0.3 is 15.3 Å². The SMILES string of the molecule is C[C@](O)(CC(=O)Nc1cccc(N2CCCC2=O)c1)C(F)(F)F. The molecular formula is C15H17F3N2O3. The molecule has 0 bridgehead atoms. The van der Waals surface area contributed by atoms with Crippen molar-refractivity contribution in [1.82, 2.24) is 0 Å². The fourth-order valence-corrected chi connectivity index (χ4v) is 2.29. The summed E-state index contributed by atoms with van der Waals surface area (Å²) in [5.74, 6) is -0.995. The number of benzene rings is 1. The molecule has 1 aliphatic heterocycles. The van der Waals surface area contributed by atoms with Gasteiger partial charge >= 0.3 is 6.18 Å². The molecular weight excluding hydrogens is 313 g/mol. The zero-order valence-corrected chi connectivity index (χ0v) is 12.5. The zero-order valence-electron chi connectivity index (χ0n) is 12.5. The van der Waals surface area contributed by atoms with Gasteiger partial charge in [-0.3, -0.25) is 9.59 Å². The van der Waals surface area contributed by atoms with E-state index in [1.54, 1.807) is 17.0 Å². The lowest BCUT2D eigenvalue weighted by Crippen LogP contribution is -2.44. The molecule has 1 aliphatic rings. The van der Waals surface area contributed by atoms with E-state index in [1.165, 1.54) is 12.1 Å². The molecule has 1 fully saturated rings. The zero-order chi connectivity index (χ0) is 17.3. The lowest BCUT2D eigenvalue weighted by atomic mass is 10.0. The summed E-state index contributed by atoms with van der Waals surface area (Å²) in [5, 5.41) is 11.6. The van der Waals surface area contributed by atoms with Crippen LogP contribution in [-0.4, -0.2) is 35.2 Å². The molecule has 2 rings (SSSR count). The van der Waals surface area contributed by atoms with Gasteiger partial charge in [-0.1, -0.05) is 6.07 Å². The first kappa shape index (κ1) is 17.3. The molecule has 0 spiro atoms. The topological polar surface area (TPSA) is 69.6 Å². The molecule has 23 heavy (non-hydrogen) atoms. The first-order valence-electron chi connectivity index (χ1n) is 7.09. The van der Waals surface area contributed by atoms with Crippen molar-refractivity contribution in [2.24, 2.45) is 0 Å². The first-order chi connectivity index (χ1) is 10.6. The van der Waals surface area contributed by atoms with E-state index in [-0.39, 0.29) is 11.6 Å². The lowest BCUT2D eigenvalue weighted by Gasteiger charge is -2.25. The number of nitrogens with zero attached hydrogens (tertiary/aromatic N) is 1. The molecule has 0 aliphatic carbocycles. The van der Waals surface area contributed by atoms with E-state index in [0.717, 1.165) is 6.42 Å². The summed E-state index contributed by atoms with van der Waals surface area (Å²) in [5.41, 5.74) is -2.25. The van der Waals surface area contributed by atoms with Gasteiger partial charge in [0.1, 0.15) is 0 Å². The largest absolute Gasteiger partial charge is 0.417 e. The molecule has 5 nitrogen and oxygen atoms in total. The van der Waals surface area contributed by atoms with E-state index in [9.17, 15) is 27.9 Å². The van der Waals surface area contributed by atoms with Crippen molar-refractivity contribution in [3.05, 3.63) is 24.3 Å². The van der Waals surface area contributed by atoms with E-state index in [1.807, 2.05) is 0 Å². The van der Waals surface area contributed by atoms with Crippen molar-refractivity contribution in [2.45, 2.75) is 38.0 Å². The summed E-state index contributed by atoms with van der Waals surface area (Å²) >= 11 is 0. The van der Waals surface area contributed by atoms with Gasteiger partial charge in [-0.15, -0.1) is 0 Å². The number of carbonyl (C=O) groups excluding carboxylic acids is 2. The Bertz CT molecular complexity index is 614. The number of aliphatic hydroxyl groups is 1. The number of halogens is 3. The van der Waals surface area contributed by atoms with Crippen LogP contribution in [0.15, 0.2) is 24.3 Å². The summed E-state index contributed by atoms with van der Waals surface area (Å²) < 4.78 is 37.7. The van der Waals surface area contributed by atoms with Crippen molar-refractivity contribution >= 4 is 23.2 Å². The highest BCUT2D eigenvalue weighted by Crippen LogP contribution is 2.33. The Morgan fingerprint density at radius 1 is 1.39 bits per heavy atom. The number of alkyl halides is 3. The second kappa shape index (κ2) is 6.19. The smallest absolute Gasteiger partial charge is 0.380 e. The summed E-state index contributed by atoms with van der Waals surface area (Å²) in [4.78, 5) is 25.0. The number of carbonyl (C=O) groups is 2. The highest BCUT2D eigenvalue weighted by Gasteiger charge is 2.50. The van der Waals surface area contributed by atoms with Gasteiger partial charge in [0.15, 0.2) is 5.60 Å². The maximum atomic E-state index is 12.6. The number of rotatable bonds is 4. The average Bonchev–Trinajstić information content (AvgIpc) is 2.83. The van der Waals surface area contributed by atoms with Crippen LogP contribution in [0, 0.1) is 0 Å². The molecule has 0 saturated carbocycles. The number of hydrogen-bond acceptors (Lipinski definition) is 3. The molecule has 1 heterocycles. The quantitative estimate of drug-likeness (QED) is 0.891. The minimum atomic E-state index is -4.89. The Hall–Kier alpha value is -2.09. The Labute approximate surface area is 131 Å². The average molecular weight is 330 g/mol. The van der Waals surface area contributed by atoms with Crippen LogP contribution in [0.5, 0.6) is 0 Å². The van der Waals surface area contributed by atoms with E-state index in [2.05, 4.69) is 5.32 Å². The Kier molecular flexibility index (Phi) is 4.65. The van der Waals surface area contributed by atoms with Crippen molar-refractivity contribution in [1.29, 1.82) is 0 Å². The van der Waals surface area contributed by atoms with Crippen molar-refractivity contribution in [3.8, 4) is 0 Å². The Morgan fingerprint density at radius 3 is 2.65 bits per heavy atom. The fourth-order valence-electron chi connectivity index (χ4n) is 2.29. The van der Waals surface area contributed by atoms with E-state index in [0.29, 0.717) is 25.6 Å². The highest BCUT2D eigenvalue weighted by molar-refractivity contribution is 5.97. The van der Waals surface area contributed by atoms with Gasteiger partial charge in [0.05, 0.1) is 6.42 Å². The number of nitrogens with one attached hydrogen (secondary N) is 1. The molecule has 0 aromatic heterocycles. The number of amides is 2. The number of hydrogen-bond donors (Lipinski definition) is 2. The van der Waals surface area contributed by atoms with E-state index < -0.39 is 24.1 Å². The summed E-state index contributed by atoms with van der Waals surface area (Å²) in [6.07, 6.45) is -4.81. The summed E-state index contributed by atoms with van der Waals surface area (Å²) in [6.45, 7) is 1.12. The first-order valence-corrected chi connectivity index (χ1v) is 7.09. The normalized spacial score (nSPS) is 18.0. The van der Waals surface area contributed by atoms with Gasteiger partial charge in [-0.2, -0.15) is 13.2 Å². The second-order valence-corrected chi connectivity index (χ2v) is 5.70. The third kappa shape index (κ3) is 4.01. The molecule has 0 radical (unpaired) electrons. The van der Waals surface area contributed by atoms with Gasteiger partial charge in [0.2, 0.25) is 11.8 Å². The molecule has 1 aromatic rings. The minimum absolute atomic E-state index is 0.0338. The van der Waals surface area contributed by atoms with Gasteiger partial charge in [-0.05, 0) is 31.5 Å². The molecule has 1 aromatic carbocycles. The van der Waals surface area contributed by atoms with Crippen LogP contribution < -0.4 is 10.2 Å². The molecule has 2 amide bonds. The van der Waals surface area contributed by atoms with E-state index in [4.69, 9.17) is 0 Å². The monoisotopic (exact) mass is 330 g/mol. The second-order valence-electron chi connectivity index (χ2n) is 5.70. The molecule has 2 N–H and O–H groups in total. The molecule has 8 heteroatoms. The minimum Gasteiger partial charge on any atom is -0.380 e. The maximum absolute atomic E-state index is 12.6. The van der Waals surface area contributed by atoms with Crippen LogP contribution in [0.25, 0.3) is 0 Å². The summed E-state index contributed by atoms with van der Waals surface area (Å²) in [6, 6.07) is 6.30. The van der Waals surface area contributed by atoms with Crippen molar-refractivity contribution in [2.75, 3.05) is 16.8 Å². The third-order valence-corrected chi connectivity index (χ3v) is 3.63. The van der Waals surface area contributed by atoms with Crippen LogP contribution in [0.4, 0.5) is 24.5 Å². The Balaban J connectivity index is 2.06. The van der Waals surface area contributed by atoms with Gasteiger partial charge in [0, 0.05) is 24.3 Å². The molecule has 1 atom stereocenters. The lowest BCUT2D eigenvalue weighted by molar-refractivity contribution is -0.252. The van der Waals surface area contributed by atoms with Crippen LogP contribution in [-0.2, 0) is 9.59 Å². The van der Waals surface area contributed by atoms with E-state index >= 15 is 0 Å². The van der Waals surface area contributed by atoms with Gasteiger partial charge in [-0.25, -0.2) is 0 Å². The predicted octanol–water partition coefficient (Wildman–Crippen LogP) is 2.46. The third-order valence-electron chi connectivity index (χ3n) is 3.63. The fraction of sp³-hybridized carbons (Fsp3) is 0.467. The van der Waals surface area contributed by atoms with Crippen LogP contribution in [0.1, 0.15) is 26.2 Å². The van der Waals surface area contributed by atoms with Crippen LogP contribution >= 0.6 is 0 Å². The Morgan fingerprint density at radius 2 is 2.09 bits per heavy atom. The molecule has 1 saturated heterocycles. The molecule has 0 unspecified atom stereocenters. The number of anilines is 2. The van der Waals surface area contributed by atoms with Crippen molar-refractivity contribution in [3.63, 3.8) is 0 Å². The van der Waals surface area contributed by atoms with Crippen LogP contribution in [0.2, 0.25) is 0 Å². The standard InChI is InChI=1S/C15H17F3N2O3/c1-14(23,15(16,17)18)9-12(21)19-10-4-2-5-11(8-10)20-7-3-6-13(20)22/h2,4-5,8,23H,3,6-7,9H2,1H3,(H,19,21)/t14-/m0/s1. The molecule has 126 valence electrons. The van der Waals surface area contributed by atoms with Crippen molar-refractivity contribution < 1.29 is 27.9 Å². The maximum Gasteiger partial charge on any atom is 0.417 e. The summed E-state index contributed by atoms with van der Waals surface area (Å²) in [7, 11) is 0. The van der Waals surface area contributed by atoms with Gasteiger partial charge in [0.25, 0.3) is 0 Å².